The fraction of sp³-hybridized carbons (Fsp3) is 0.250. The molecule has 0 saturated heterocycles. The maximum Gasteiger partial charge on any atom is 0.328 e. The van der Waals surface area contributed by atoms with Crippen LogP contribution in [-0.4, -0.2) is 39.5 Å². The zero-order valence-corrected chi connectivity index (χ0v) is 10.0. The molecule has 18 heavy (non-hydrogen) atoms. The van der Waals surface area contributed by atoms with Crippen LogP contribution in [0.5, 0.6) is 0 Å². The van der Waals surface area contributed by atoms with Crippen LogP contribution in [0.3, 0.4) is 0 Å². The molecule has 0 aliphatic heterocycles. The quantitative estimate of drug-likeness (QED) is 0.604. The number of hydrogen-bond donors (Lipinski definition) is 2. The summed E-state index contributed by atoms with van der Waals surface area (Å²) >= 11 is 0. The van der Waals surface area contributed by atoms with E-state index in [0.29, 0.717) is 11.1 Å². The molecule has 2 rings (SSSR count). The summed E-state index contributed by atoms with van der Waals surface area (Å²) in [6, 6.07) is 3.74. The van der Waals surface area contributed by atoms with E-state index >= 15 is 0 Å². The van der Waals surface area contributed by atoms with Crippen LogP contribution < -0.4 is 5.32 Å². The van der Waals surface area contributed by atoms with Crippen molar-refractivity contribution in [2.45, 2.75) is 6.04 Å². The summed E-state index contributed by atoms with van der Waals surface area (Å²) < 4.78 is 1.83. The SMILES string of the molecule is CNC(C(=O)O)C(=O)c1ccc2c(c1)ncn2C. The maximum atomic E-state index is 12.0. The van der Waals surface area contributed by atoms with Gasteiger partial charge >= 0.3 is 5.97 Å². The van der Waals surface area contributed by atoms with Gasteiger partial charge in [-0.05, 0) is 25.2 Å². The Labute approximate surface area is 103 Å². The van der Waals surface area contributed by atoms with E-state index in [2.05, 4.69) is 10.3 Å². The average Bonchev–Trinajstić information content (AvgIpc) is 2.71. The van der Waals surface area contributed by atoms with E-state index in [1.807, 2.05) is 11.6 Å². The molecule has 0 radical (unpaired) electrons. The number of carbonyl (C=O) groups is 2. The molecule has 1 aromatic heterocycles. The summed E-state index contributed by atoms with van der Waals surface area (Å²) in [5.74, 6) is -1.67. The molecule has 1 unspecified atom stereocenters. The van der Waals surface area contributed by atoms with E-state index in [1.54, 1.807) is 24.5 Å². The predicted molar refractivity (Wildman–Crippen MR) is 65.5 cm³/mol. The van der Waals surface area contributed by atoms with E-state index in [1.165, 1.54) is 7.05 Å². The van der Waals surface area contributed by atoms with Crippen LogP contribution in [0.4, 0.5) is 0 Å². The summed E-state index contributed by atoms with van der Waals surface area (Å²) in [6.45, 7) is 0. The lowest BCUT2D eigenvalue weighted by molar-refractivity contribution is -0.137. The van der Waals surface area contributed by atoms with E-state index < -0.39 is 17.8 Å². The van der Waals surface area contributed by atoms with Crippen LogP contribution in [0.1, 0.15) is 10.4 Å². The van der Waals surface area contributed by atoms with Crippen molar-refractivity contribution in [2.75, 3.05) is 7.05 Å². The number of nitrogens with zero attached hydrogens (tertiary/aromatic N) is 2. The number of fused-ring (bicyclic) bond motifs is 1. The zero-order valence-electron chi connectivity index (χ0n) is 10.0. The van der Waals surface area contributed by atoms with Crippen LogP contribution in [0.2, 0.25) is 0 Å². The van der Waals surface area contributed by atoms with Gasteiger partial charge in [-0.3, -0.25) is 9.59 Å². The van der Waals surface area contributed by atoms with Crippen LogP contribution >= 0.6 is 0 Å². The smallest absolute Gasteiger partial charge is 0.328 e. The summed E-state index contributed by atoms with van der Waals surface area (Å²) in [5.41, 5.74) is 1.90. The number of aromatic nitrogens is 2. The van der Waals surface area contributed by atoms with Gasteiger partial charge in [0.2, 0.25) is 0 Å². The molecule has 6 nitrogen and oxygen atoms in total. The molecule has 0 saturated carbocycles. The second-order valence-electron chi connectivity index (χ2n) is 3.98. The number of hydrogen-bond acceptors (Lipinski definition) is 4. The van der Waals surface area contributed by atoms with Gasteiger partial charge in [-0.15, -0.1) is 0 Å². The molecule has 0 aliphatic rings. The maximum absolute atomic E-state index is 12.0. The minimum Gasteiger partial charge on any atom is -0.480 e. The molecule has 0 spiro atoms. The second-order valence-corrected chi connectivity index (χ2v) is 3.98. The van der Waals surface area contributed by atoms with Gasteiger partial charge < -0.3 is 15.0 Å². The van der Waals surface area contributed by atoms with Crippen LogP contribution in [0.25, 0.3) is 11.0 Å². The van der Waals surface area contributed by atoms with Gasteiger partial charge in [-0.25, -0.2) is 4.98 Å². The lowest BCUT2D eigenvalue weighted by Crippen LogP contribution is -2.41. The normalized spacial score (nSPS) is 12.6. The topological polar surface area (TPSA) is 84.2 Å². The molecule has 1 aromatic carbocycles. The van der Waals surface area contributed by atoms with Crippen molar-refractivity contribution in [1.29, 1.82) is 0 Å². The first-order valence-electron chi connectivity index (χ1n) is 5.40. The molecular formula is C12H13N3O3. The Morgan fingerprint density at radius 1 is 1.44 bits per heavy atom. The predicted octanol–water partition coefficient (Wildman–Crippen LogP) is 0.429. The van der Waals surface area contributed by atoms with Gasteiger partial charge in [-0.2, -0.15) is 0 Å². The number of aryl methyl sites for hydroxylation is 1. The minimum absolute atomic E-state index is 0.336. The van der Waals surface area contributed by atoms with Gasteiger partial charge in [0.05, 0.1) is 17.4 Å². The third-order valence-corrected chi connectivity index (χ3v) is 2.81. The highest BCUT2D eigenvalue weighted by Gasteiger charge is 2.25. The number of benzene rings is 1. The van der Waals surface area contributed by atoms with Crippen molar-refractivity contribution in [3.8, 4) is 0 Å². The molecule has 0 amide bonds. The van der Waals surface area contributed by atoms with Gasteiger partial charge in [0, 0.05) is 12.6 Å². The number of carboxylic acids is 1. The third-order valence-electron chi connectivity index (χ3n) is 2.81. The van der Waals surface area contributed by atoms with Gasteiger partial charge in [-0.1, -0.05) is 0 Å². The fourth-order valence-electron chi connectivity index (χ4n) is 1.82. The summed E-state index contributed by atoms with van der Waals surface area (Å²) in [5, 5.41) is 11.4. The molecule has 0 aliphatic carbocycles. The first-order valence-corrected chi connectivity index (χ1v) is 5.40. The van der Waals surface area contributed by atoms with Crippen LogP contribution in [-0.2, 0) is 11.8 Å². The summed E-state index contributed by atoms with van der Waals surface area (Å²) in [7, 11) is 3.29. The third kappa shape index (κ3) is 1.98. The van der Waals surface area contributed by atoms with Crippen molar-refractivity contribution < 1.29 is 14.7 Å². The van der Waals surface area contributed by atoms with Crippen molar-refractivity contribution in [3.05, 3.63) is 30.1 Å². The Kier molecular flexibility index (Phi) is 3.12. The lowest BCUT2D eigenvalue weighted by Gasteiger charge is -2.09. The lowest BCUT2D eigenvalue weighted by atomic mass is 10.0. The van der Waals surface area contributed by atoms with Gasteiger partial charge in [0.1, 0.15) is 0 Å². The average molecular weight is 247 g/mol. The summed E-state index contributed by atoms with van der Waals surface area (Å²) in [4.78, 5) is 27.0. The Balaban J connectivity index is 2.41. The minimum atomic E-state index is -1.23. The van der Waals surface area contributed by atoms with E-state index in [0.717, 1.165) is 5.52 Å². The van der Waals surface area contributed by atoms with Crippen LogP contribution in [0, 0.1) is 0 Å². The van der Waals surface area contributed by atoms with E-state index in [-0.39, 0.29) is 0 Å². The number of nitrogens with one attached hydrogen (secondary N) is 1. The molecule has 0 bridgehead atoms. The second kappa shape index (κ2) is 4.58. The molecule has 2 aromatic rings. The number of Topliss-reactive ketones (excluding diaryl/α,β-unsaturated/α-hetero) is 1. The first kappa shape index (κ1) is 12.3. The molecule has 94 valence electrons. The molecule has 2 N–H and O–H groups in total. The molecular weight excluding hydrogens is 234 g/mol. The van der Waals surface area contributed by atoms with Crippen molar-refractivity contribution >= 4 is 22.8 Å². The molecule has 1 atom stereocenters. The number of ketones is 1. The number of carbonyl (C=O) groups excluding carboxylic acids is 1. The number of likely N-dealkylation sites (N-methyl/N-ethyl adjacent to an activating group) is 1. The van der Waals surface area contributed by atoms with Crippen molar-refractivity contribution in [1.82, 2.24) is 14.9 Å². The Bertz CT molecular complexity index is 618. The Morgan fingerprint density at radius 2 is 2.17 bits per heavy atom. The van der Waals surface area contributed by atoms with Gasteiger partial charge in [0.25, 0.3) is 0 Å². The first-order chi connectivity index (χ1) is 8.54. The number of imidazole rings is 1. The Morgan fingerprint density at radius 3 is 2.78 bits per heavy atom. The van der Waals surface area contributed by atoms with Gasteiger partial charge in [0.15, 0.2) is 11.8 Å². The monoisotopic (exact) mass is 247 g/mol. The molecule has 0 fully saturated rings. The highest BCUT2D eigenvalue weighted by Crippen LogP contribution is 2.15. The highest BCUT2D eigenvalue weighted by molar-refractivity contribution is 6.12. The number of rotatable bonds is 4. The highest BCUT2D eigenvalue weighted by atomic mass is 16.4. The van der Waals surface area contributed by atoms with Crippen molar-refractivity contribution in [3.63, 3.8) is 0 Å². The Hall–Kier alpha value is -2.21. The molecule has 1 heterocycles. The number of carboxylic acid groups (broad SMARTS) is 1. The van der Waals surface area contributed by atoms with E-state index in [4.69, 9.17) is 5.11 Å². The largest absolute Gasteiger partial charge is 0.480 e. The van der Waals surface area contributed by atoms with E-state index in [9.17, 15) is 9.59 Å². The molecule has 6 heteroatoms. The standard InChI is InChI=1S/C12H13N3O3/c1-13-10(12(17)18)11(16)7-3-4-9-8(5-7)14-6-15(9)2/h3-6,10,13H,1-2H3,(H,17,18). The summed E-state index contributed by atoms with van der Waals surface area (Å²) in [6.07, 6.45) is 1.64. The number of aliphatic carboxylic acids is 1. The van der Waals surface area contributed by atoms with Crippen LogP contribution in [0.15, 0.2) is 24.5 Å². The fourth-order valence-corrected chi connectivity index (χ4v) is 1.82. The van der Waals surface area contributed by atoms with Crippen molar-refractivity contribution in [2.24, 2.45) is 7.05 Å². The zero-order chi connectivity index (χ0) is 13.3.